The van der Waals surface area contributed by atoms with Gasteiger partial charge >= 0.3 is 6.18 Å². The molecule has 3 nitrogen and oxygen atoms in total. The molecular weight excluding hydrogens is 688 g/mol. The molecule has 38 heavy (non-hydrogen) atoms. The number of fused-ring (bicyclic) bond motifs is 2. The molecule has 0 unspecified atom stereocenters. The van der Waals surface area contributed by atoms with E-state index in [1.165, 1.54) is 36.8 Å². The molecule has 2 aromatic carbocycles. The number of thiophene rings is 1. The first kappa shape index (κ1) is 31.7. The van der Waals surface area contributed by atoms with Crippen LogP contribution in [0.15, 0.2) is 54.4 Å². The summed E-state index contributed by atoms with van der Waals surface area (Å²) in [6, 6.07) is 15.7. The van der Waals surface area contributed by atoms with Gasteiger partial charge in [-0.3, -0.25) is 9.78 Å². The van der Waals surface area contributed by atoms with E-state index in [1.54, 1.807) is 6.20 Å². The van der Waals surface area contributed by atoms with Crippen LogP contribution in [0, 0.1) is 13.0 Å². The topological polar surface area (TPSA) is 50.2 Å². The van der Waals surface area contributed by atoms with E-state index < -0.39 is 12.6 Å². The van der Waals surface area contributed by atoms with E-state index in [1.807, 2.05) is 31.2 Å². The van der Waals surface area contributed by atoms with Crippen molar-refractivity contribution in [2.75, 3.05) is 0 Å². The van der Waals surface area contributed by atoms with E-state index >= 15 is 0 Å². The Morgan fingerprint density at radius 1 is 1.11 bits per heavy atom. The van der Waals surface area contributed by atoms with Crippen LogP contribution in [0.5, 0.6) is 0 Å². The number of hydrogen-bond acceptors (Lipinski definition) is 4. The molecule has 205 valence electrons. The van der Waals surface area contributed by atoms with Gasteiger partial charge in [-0.1, -0.05) is 49.9 Å². The molecule has 1 radical (unpaired) electrons. The third kappa shape index (κ3) is 7.98. The molecule has 0 aliphatic carbocycles. The van der Waals surface area contributed by atoms with E-state index in [-0.39, 0.29) is 43.5 Å². The van der Waals surface area contributed by atoms with Gasteiger partial charge in [0, 0.05) is 54.1 Å². The summed E-state index contributed by atoms with van der Waals surface area (Å²) in [5.74, 6) is -0.0625. The number of benzene rings is 2. The molecule has 8 heteroatoms. The van der Waals surface area contributed by atoms with Gasteiger partial charge in [-0.25, -0.2) is 0 Å². The van der Waals surface area contributed by atoms with E-state index in [2.05, 4.69) is 44.0 Å². The molecule has 0 aliphatic heterocycles. The first-order valence-electron chi connectivity index (χ1n) is 11.9. The molecule has 1 N–H and O–H groups in total. The van der Waals surface area contributed by atoms with Crippen molar-refractivity contribution in [1.29, 1.82) is 0 Å². The minimum atomic E-state index is -4.16. The first-order chi connectivity index (χ1) is 17.2. The fourth-order valence-electron chi connectivity index (χ4n) is 4.15. The number of halogens is 3. The number of pyridine rings is 1. The zero-order valence-corrected chi connectivity index (χ0v) is 25.4. The summed E-state index contributed by atoms with van der Waals surface area (Å²) in [6.45, 7) is 11.3. The van der Waals surface area contributed by atoms with Gasteiger partial charge in [0.15, 0.2) is 5.78 Å². The third-order valence-corrected chi connectivity index (χ3v) is 7.21. The quantitative estimate of drug-likeness (QED) is 0.130. The van der Waals surface area contributed by atoms with Gasteiger partial charge in [0.1, 0.15) is 0 Å². The van der Waals surface area contributed by atoms with Crippen LogP contribution in [0.3, 0.4) is 0 Å². The van der Waals surface area contributed by atoms with Gasteiger partial charge < -0.3 is 5.11 Å². The van der Waals surface area contributed by atoms with Crippen LogP contribution in [0.2, 0.25) is 0 Å². The minimum absolute atomic E-state index is 0. The fourth-order valence-corrected chi connectivity index (χ4v) is 5.46. The molecule has 0 saturated carbocycles. The number of allylic oxidation sites excluding steroid dienone is 2. The van der Waals surface area contributed by atoms with Gasteiger partial charge in [-0.05, 0) is 49.6 Å². The maximum Gasteiger partial charge on any atom is 0.389 e. The van der Waals surface area contributed by atoms with Crippen LogP contribution in [0.1, 0.15) is 57.0 Å². The Bertz CT molecular complexity index is 1460. The van der Waals surface area contributed by atoms with Crippen molar-refractivity contribution in [3.8, 4) is 11.3 Å². The van der Waals surface area contributed by atoms with Crippen molar-refractivity contribution in [3.63, 3.8) is 0 Å². The molecular formula is C30H31F3IrNO2S-. The van der Waals surface area contributed by atoms with E-state index in [9.17, 15) is 18.0 Å². The number of nitrogens with zero attached hydrogens (tertiary/aromatic N) is 1. The van der Waals surface area contributed by atoms with E-state index in [0.717, 1.165) is 42.6 Å². The van der Waals surface area contributed by atoms with Gasteiger partial charge in [-0.15, -0.1) is 40.5 Å². The summed E-state index contributed by atoms with van der Waals surface area (Å²) < 4.78 is 39.2. The number of ketones is 1. The largest absolute Gasteiger partial charge is 0.512 e. The van der Waals surface area contributed by atoms with Gasteiger partial charge in [0.25, 0.3) is 0 Å². The molecule has 0 saturated heterocycles. The SMILES string of the molecule is CC(=O)/C=C(/C)O.Cc1c(CCC(F)(F)F)sc2c(-c3[c-]c4ccccc4c(C(C)(C)C)c3)nccc12.[Ir]. The van der Waals surface area contributed by atoms with E-state index in [0.29, 0.717) is 0 Å². The predicted octanol–water partition coefficient (Wildman–Crippen LogP) is 9.05. The number of alkyl halides is 3. The molecule has 0 bridgehead atoms. The zero-order valence-electron chi connectivity index (χ0n) is 22.2. The minimum Gasteiger partial charge on any atom is -0.512 e. The van der Waals surface area contributed by atoms with Crippen molar-refractivity contribution in [1.82, 2.24) is 4.98 Å². The third-order valence-electron chi connectivity index (χ3n) is 5.84. The van der Waals surface area contributed by atoms with Crippen LogP contribution in [0.4, 0.5) is 13.2 Å². The number of hydrogen-bond donors (Lipinski definition) is 1. The number of aromatic nitrogens is 1. The Labute approximate surface area is 239 Å². The molecule has 0 amide bonds. The maximum absolute atomic E-state index is 12.8. The molecule has 4 aromatic rings. The Kier molecular flexibility index (Phi) is 10.5. The first-order valence-corrected chi connectivity index (χ1v) is 12.8. The summed E-state index contributed by atoms with van der Waals surface area (Å²) in [5.41, 5.74) is 3.72. The Morgan fingerprint density at radius 3 is 2.32 bits per heavy atom. The number of aliphatic hydroxyl groups excluding tert-OH is 1. The second-order valence-electron chi connectivity index (χ2n) is 10.1. The van der Waals surface area contributed by atoms with Crippen molar-refractivity contribution in [2.24, 2.45) is 0 Å². The van der Waals surface area contributed by atoms with Crippen LogP contribution in [-0.4, -0.2) is 22.1 Å². The summed E-state index contributed by atoms with van der Waals surface area (Å²) >= 11 is 1.42. The number of carbonyl (C=O) groups is 1. The monoisotopic (exact) mass is 719 g/mol. The van der Waals surface area contributed by atoms with Crippen LogP contribution in [0.25, 0.3) is 32.1 Å². The second-order valence-corrected chi connectivity index (χ2v) is 11.2. The number of aryl methyl sites for hydroxylation is 2. The number of aliphatic hydroxyl groups is 1. The Balaban J connectivity index is 0.000000561. The van der Waals surface area contributed by atoms with Crippen LogP contribution in [-0.2, 0) is 36.7 Å². The molecule has 2 aromatic heterocycles. The predicted molar refractivity (Wildman–Crippen MR) is 146 cm³/mol. The maximum atomic E-state index is 12.8. The van der Waals surface area contributed by atoms with Gasteiger partial charge in [-0.2, -0.15) is 13.2 Å². The average molecular weight is 719 g/mol. The van der Waals surface area contributed by atoms with Gasteiger partial charge in [0.2, 0.25) is 0 Å². The molecule has 0 spiro atoms. The summed E-state index contributed by atoms with van der Waals surface area (Å²) in [5, 5.41) is 11.5. The molecule has 0 atom stereocenters. The fraction of sp³-hybridized carbons (Fsp3) is 0.333. The Morgan fingerprint density at radius 2 is 1.76 bits per heavy atom. The second kappa shape index (κ2) is 12.5. The smallest absolute Gasteiger partial charge is 0.389 e. The van der Waals surface area contributed by atoms with Crippen LogP contribution < -0.4 is 0 Å². The molecule has 2 heterocycles. The standard InChI is InChI=1S/C25H23F3NS.C5H8O2.Ir/c1-15-18-10-12-29-22(23(18)30-21(15)9-11-25(26,27)28)17-13-16-7-5-6-8-19(16)20(14-17)24(2,3)4;1-4(6)3-5(2)7;/h5-8,10,12,14H,9,11H2,1-4H3;3,6H,1-2H3;/q-1;;/b;4-3-;. The van der Waals surface area contributed by atoms with E-state index in [4.69, 9.17) is 5.11 Å². The molecule has 0 fully saturated rings. The Hall–Kier alpha value is -2.54. The zero-order chi connectivity index (χ0) is 27.5. The summed E-state index contributed by atoms with van der Waals surface area (Å²) in [6.07, 6.45) is -2.05. The van der Waals surface area contributed by atoms with Crippen molar-refractivity contribution in [3.05, 3.63) is 76.5 Å². The summed E-state index contributed by atoms with van der Waals surface area (Å²) in [4.78, 5) is 15.4. The number of rotatable bonds is 4. The molecule has 4 rings (SSSR count). The molecule has 0 aliphatic rings. The van der Waals surface area contributed by atoms with Crippen molar-refractivity contribution >= 4 is 38.0 Å². The average Bonchev–Trinajstić information content (AvgIpc) is 3.11. The van der Waals surface area contributed by atoms with Crippen molar-refractivity contribution < 1.29 is 43.2 Å². The number of carbonyl (C=O) groups excluding carboxylic acids is 1. The summed E-state index contributed by atoms with van der Waals surface area (Å²) in [7, 11) is 0. The normalized spacial score (nSPS) is 12.2. The van der Waals surface area contributed by atoms with Crippen LogP contribution >= 0.6 is 11.3 Å². The van der Waals surface area contributed by atoms with Gasteiger partial charge in [0.05, 0.1) is 5.76 Å². The van der Waals surface area contributed by atoms with Crippen molar-refractivity contribution in [2.45, 2.75) is 66.0 Å².